The number of phenols is 1. The third kappa shape index (κ3) is 10.4. The van der Waals surface area contributed by atoms with Gasteiger partial charge in [0, 0.05) is 52.6 Å². The van der Waals surface area contributed by atoms with Gasteiger partial charge in [-0.3, -0.25) is 0 Å². The Bertz CT molecular complexity index is 2650. The molecule has 0 atom stereocenters. The molecule has 0 saturated carbocycles. The van der Waals surface area contributed by atoms with Gasteiger partial charge in [-0.1, -0.05) is 67.8 Å². The smallest absolute Gasteiger partial charge is 0.338 e. The fourth-order valence-corrected chi connectivity index (χ4v) is 5.30. The van der Waals surface area contributed by atoms with Crippen LogP contribution in [0, 0.1) is 0 Å². The molecule has 0 aliphatic carbocycles. The average molecular weight is 786 g/mol. The van der Waals surface area contributed by atoms with Gasteiger partial charge in [-0.15, -0.1) is 0 Å². The van der Waals surface area contributed by atoms with Crippen molar-refractivity contribution >= 4 is 76.1 Å². The third-order valence-electron chi connectivity index (χ3n) is 7.92. The second-order valence-electron chi connectivity index (χ2n) is 12.5. The van der Waals surface area contributed by atoms with E-state index in [2.05, 4.69) is 44.4 Å². The minimum atomic E-state index is -0.619. The summed E-state index contributed by atoms with van der Waals surface area (Å²) in [6.45, 7) is 8.68. The lowest BCUT2D eigenvalue weighted by molar-refractivity contribution is -0.130. The topological polar surface area (TPSA) is 202 Å². The summed E-state index contributed by atoms with van der Waals surface area (Å²) in [6.07, 6.45) is 1.07. The Kier molecular flexibility index (Phi) is 11.7. The summed E-state index contributed by atoms with van der Waals surface area (Å²) in [6, 6.07) is 38.4. The molecule has 5 aromatic carbocycles. The van der Waals surface area contributed by atoms with E-state index in [1.165, 1.54) is 6.07 Å². The number of hydrogen-bond acceptors (Lipinski definition) is 16. The van der Waals surface area contributed by atoms with Gasteiger partial charge < -0.3 is 35.8 Å². The van der Waals surface area contributed by atoms with Gasteiger partial charge in [0.2, 0.25) is 35.7 Å². The molecular formula is C43H35N11O5. The molecule has 0 amide bonds. The summed E-state index contributed by atoms with van der Waals surface area (Å²) in [5, 5.41) is 23.0. The van der Waals surface area contributed by atoms with Crippen molar-refractivity contribution in [3.8, 4) is 17.2 Å². The first-order valence-corrected chi connectivity index (χ1v) is 17.9. The van der Waals surface area contributed by atoms with E-state index < -0.39 is 11.9 Å². The minimum absolute atomic E-state index is 0.0302. The zero-order valence-corrected chi connectivity index (χ0v) is 31.4. The Morgan fingerprint density at radius 3 is 1.51 bits per heavy atom. The molecule has 16 heteroatoms. The van der Waals surface area contributed by atoms with Crippen LogP contribution in [0.15, 0.2) is 158 Å². The van der Waals surface area contributed by atoms with E-state index in [0.29, 0.717) is 28.4 Å². The maximum absolute atomic E-state index is 12.3. The number of aromatic nitrogens is 6. The fourth-order valence-electron chi connectivity index (χ4n) is 5.30. The van der Waals surface area contributed by atoms with E-state index in [0.717, 1.165) is 6.08 Å². The molecule has 2 aromatic heterocycles. The first-order chi connectivity index (χ1) is 28.7. The van der Waals surface area contributed by atoms with Crippen molar-refractivity contribution in [3.63, 3.8) is 0 Å². The highest BCUT2D eigenvalue weighted by Crippen LogP contribution is 2.34. The largest absolute Gasteiger partial charge is 0.508 e. The predicted octanol–water partition coefficient (Wildman–Crippen LogP) is 8.78. The molecule has 7 rings (SSSR count). The maximum atomic E-state index is 12.3. The molecule has 0 radical (unpaired) electrons. The number of benzene rings is 5. The molecule has 2 heterocycles. The normalized spacial score (nSPS) is 10.5. The number of para-hydroxylation sites is 2. The summed E-state index contributed by atoms with van der Waals surface area (Å²) in [7, 11) is 0. The summed E-state index contributed by atoms with van der Waals surface area (Å²) in [5.74, 6) is 0.0304. The van der Waals surface area contributed by atoms with Crippen molar-refractivity contribution in [1.82, 2.24) is 29.9 Å². The van der Waals surface area contributed by atoms with Crippen LogP contribution in [0.1, 0.15) is 6.92 Å². The van der Waals surface area contributed by atoms with Crippen molar-refractivity contribution in [2.24, 2.45) is 0 Å². The van der Waals surface area contributed by atoms with Crippen LogP contribution in [-0.2, 0) is 9.59 Å². The lowest BCUT2D eigenvalue weighted by Gasteiger charge is -2.23. The van der Waals surface area contributed by atoms with Crippen LogP contribution in [-0.4, -0.2) is 46.9 Å². The third-order valence-corrected chi connectivity index (χ3v) is 7.92. The highest BCUT2D eigenvalue weighted by Gasteiger charge is 2.23. The predicted molar refractivity (Wildman–Crippen MR) is 225 cm³/mol. The molecule has 7 aromatic rings. The van der Waals surface area contributed by atoms with Crippen molar-refractivity contribution in [3.05, 3.63) is 158 Å². The number of anilines is 11. The van der Waals surface area contributed by atoms with E-state index in [-0.39, 0.29) is 58.5 Å². The SMILES string of the molecule is C=CC(=O)Oc1cccc(Nc2nc(Nc3cccc(O)c3)nc(N(c3ccccc3)c3nc(Nc4ccccc4)nc(Nc4cccc(OC(=O)C(=C)C)c4)n3)n2)c1. The number of phenolic OH excluding ortho intramolecular Hbond substituents is 1. The molecular weight excluding hydrogens is 751 g/mol. The van der Waals surface area contributed by atoms with Gasteiger partial charge in [0.25, 0.3) is 0 Å². The number of rotatable bonds is 15. The van der Waals surface area contributed by atoms with Crippen LogP contribution in [0.5, 0.6) is 17.2 Å². The number of esters is 2. The fraction of sp³-hybridized carbons (Fsp3) is 0.0233. The number of carbonyl (C=O) groups is 2. The number of nitrogens with one attached hydrogen (secondary N) is 4. The molecule has 5 N–H and O–H groups in total. The van der Waals surface area contributed by atoms with E-state index in [1.54, 1.807) is 78.6 Å². The van der Waals surface area contributed by atoms with Crippen LogP contribution in [0.25, 0.3) is 0 Å². The number of aromatic hydroxyl groups is 1. The number of ether oxygens (including phenoxy) is 2. The van der Waals surface area contributed by atoms with E-state index in [1.807, 2.05) is 60.7 Å². The van der Waals surface area contributed by atoms with Gasteiger partial charge in [0.05, 0.1) is 5.69 Å². The maximum Gasteiger partial charge on any atom is 0.338 e. The van der Waals surface area contributed by atoms with Crippen LogP contribution in [0.4, 0.5) is 64.1 Å². The zero-order valence-electron chi connectivity index (χ0n) is 31.4. The molecule has 0 spiro atoms. The first-order valence-electron chi connectivity index (χ1n) is 17.9. The molecule has 0 unspecified atom stereocenters. The number of carbonyl (C=O) groups excluding carboxylic acids is 2. The Morgan fingerprint density at radius 2 is 1.02 bits per heavy atom. The Morgan fingerprint density at radius 1 is 0.576 bits per heavy atom. The van der Waals surface area contributed by atoms with Gasteiger partial charge in [0.1, 0.15) is 17.2 Å². The average Bonchev–Trinajstić information content (AvgIpc) is 3.22. The van der Waals surface area contributed by atoms with Crippen LogP contribution < -0.4 is 35.6 Å². The van der Waals surface area contributed by atoms with Gasteiger partial charge in [-0.25, -0.2) is 14.5 Å². The molecule has 0 fully saturated rings. The Labute approximate surface area is 338 Å². The van der Waals surface area contributed by atoms with E-state index >= 15 is 0 Å². The molecule has 16 nitrogen and oxygen atoms in total. The summed E-state index contributed by atoms with van der Waals surface area (Å²) >= 11 is 0. The lowest BCUT2D eigenvalue weighted by atomic mass is 10.3. The van der Waals surface area contributed by atoms with Crippen LogP contribution in [0.2, 0.25) is 0 Å². The highest BCUT2D eigenvalue weighted by atomic mass is 16.5. The molecule has 0 bridgehead atoms. The van der Waals surface area contributed by atoms with Gasteiger partial charge >= 0.3 is 11.9 Å². The van der Waals surface area contributed by atoms with Gasteiger partial charge in [-0.2, -0.15) is 29.9 Å². The van der Waals surface area contributed by atoms with Crippen molar-refractivity contribution < 1.29 is 24.2 Å². The van der Waals surface area contributed by atoms with Crippen molar-refractivity contribution in [1.29, 1.82) is 0 Å². The summed E-state index contributed by atoms with van der Waals surface area (Å²) in [5.41, 5.74) is 3.03. The van der Waals surface area contributed by atoms with E-state index in [4.69, 9.17) is 29.4 Å². The van der Waals surface area contributed by atoms with Gasteiger partial charge in [-0.05, 0) is 67.6 Å². The quantitative estimate of drug-likeness (QED) is 0.0375. The second-order valence-corrected chi connectivity index (χ2v) is 12.5. The first kappa shape index (κ1) is 38.6. The molecule has 0 aliphatic heterocycles. The Hall–Kier alpha value is -8.66. The lowest BCUT2D eigenvalue weighted by Crippen LogP contribution is -2.20. The number of nitrogens with zero attached hydrogens (tertiary/aromatic N) is 7. The highest BCUT2D eigenvalue weighted by molar-refractivity contribution is 5.89. The standard InChI is InChI=1S/C43H35N11O5/c1-4-36(56)58-34-22-12-17-30(25-34)46-41-49-39(45-29-16-11-21-33(55)24-29)51-43(53-41)54(32-19-9-6-10-20-32)42-50-38(44-28-14-7-5-8-15-28)48-40(52-42)47-31-18-13-23-35(26-31)59-37(57)27(2)3/h4-26,55H,1-2H2,3H3,(H2,44,47,48,50,52)(H2,45,46,49,51,53). The monoisotopic (exact) mass is 785 g/mol. The number of hydrogen-bond donors (Lipinski definition) is 5. The summed E-state index contributed by atoms with van der Waals surface area (Å²) in [4.78, 5) is 54.4. The van der Waals surface area contributed by atoms with Gasteiger partial charge in [0.15, 0.2) is 0 Å². The van der Waals surface area contributed by atoms with Crippen molar-refractivity contribution in [2.75, 3.05) is 26.2 Å². The van der Waals surface area contributed by atoms with E-state index in [9.17, 15) is 14.7 Å². The molecule has 292 valence electrons. The minimum Gasteiger partial charge on any atom is -0.508 e. The second kappa shape index (κ2) is 17.9. The zero-order chi connectivity index (χ0) is 41.1. The molecule has 0 saturated heterocycles. The Balaban J connectivity index is 1.35. The van der Waals surface area contributed by atoms with Crippen LogP contribution >= 0.6 is 0 Å². The molecule has 0 aliphatic rings. The van der Waals surface area contributed by atoms with Crippen molar-refractivity contribution in [2.45, 2.75) is 6.92 Å². The molecule has 59 heavy (non-hydrogen) atoms. The van der Waals surface area contributed by atoms with Crippen LogP contribution in [0.3, 0.4) is 0 Å². The summed E-state index contributed by atoms with van der Waals surface area (Å²) < 4.78 is 10.8.